The summed E-state index contributed by atoms with van der Waals surface area (Å²) in [5.74, 6) is -0.227. The minimum Gasteiger partial charge on any atom is -0.457 e. The Bertz CT molecular complexity index is 949. The topological polar surface area (TPSA) is 55.8 Å². The van der Waals surface area contributed by atoms with E-state index < -0.39 is 6.10 Å². The molecule has 4 heteroatoms. The molecule has 0 aromatic carbocycles. The van der Waals surface area contributed by atoms with Gasteiger partial charge in [0.1, 0.15) is 6.10 Å². The number of carbonyl (C=O) groups excluding carboxylic acids is 1. The molecular weight excluding hydrogens is 617 g/mol. The number of carbonyl (C=O) groups is 1. The SMILES string of the molecule is CC/C=C\C/C=C\C/C=C\C/C=C\C/C=C\C/C=C\CCCCCCCOCC(CO)OC(=O)CCCCCCC/C=C\C/C=C\CCCC. The van der Waals surface area contributed by atoms with Gasteiger partial charge in [-0.25, -0.2) is 0 Å². The van der Waals surface area contributed by atoms with Crippen molar-refractivity contribution in [2.45, 2.75) is 168 Å². The van der Waals surface area contributed by atoms with Gasteiger partial charge in [0.05, 0.1) is 13.2 Å². The molecule has 0 aromatic rings. The third kappa shape index (κ3) is 39.7. The Morgan fingerprint density at radius 1 is 0.500 bits per heavy atom. The number of allylic oxidation sites excluding steroid dienone is 16. The van der Waals surface area contributed by atoms with Gasteiger partial charge in [-0.3, -0.25) is 4.79 Å². The molecule has 1 N–H and O–H groups in total. The molecule has 4 nitrogen and oxygen atoms in total. The highest BCUT2D eigenvalue weighted by Gasteiger charge is 2.13. The summed E-state index contributed by atoms with van der Waals surface area (Å²) in [6.45, 7) is 5.11. The molecule has 0 aliphatic carbocycles. The summed E-state index contributed by atoms with van der Waals surface area (Å²) in [6, 6.07) is 0. The van der Waals surface area contributed by atoms with E-state index in [1.165, 1.54) is 51.4 Å². The van der Waals surface area contributed by atoms with E-state index in [-0.39, 0.29) is 19.2 Å². The van der Waals surface area contributed by atoms with Crippen LogP contribution >= 0.6 is 0 Å². The van der Waals surface area contributed by atoms with Crippen LogP contribution in [-0.2, 0) is 14.3 Å². The minimum atomic E-state index is -0.558. The van der Waals surface area contributed by atoms with Gasteiger partial charge in [-0.15, -0.1) is 0 Å². The molecule has 1 atom stereocenters. The standard InChI is InChI=1S/C46H76O4/c1-3-5-7-9-11-13-15-17-19-20-21-22-23-24-25-26-27-28-30-32-34-36-38-40-42-49-44-45(43-47)50-46(48)41-39-37-35-33-31-29-18-16-14-12-10-8-6-4-2/h5,7,10-13,16-19,21-22,24-25,27-28,45,47H,3-4,6,8-9,14-15,20,23,26,29-44H2,1-2H3/b7-5-,12-10-,13-11-,18-16-,19-17-,22-21-,25-24-,28-27-. The van der Waals surface area contributed by atoms with Crippen LogP contribution in [-0.4, -0.2) is 37.0 Å². The summed E-state index contributed by atoms with van der Waals surface area (Å²) >= 11 is 0. The summed E-state index contributed by atoms with van der Waals surface area (Å²) in [7, 11) is 0. The van der Waals surface area contributed by atoms with Crippen LogP contribution in [0, 0.1) is 0 Å². The van der Waals surface area contributed by atoms with Gasteiger partial charge in [0, 0.05) is 13.0 Å². The number of rotatable bonds is 36. The van der Waals surface area contributed by atoms with Crippen LogP contribution in [0.15, 0.2) is 97.2 Å². The maximum atomic E-state index is 12.2. The van der Waals surface area contributed by atoms with E-state index in [1.807, 2.05) is 0 Å². The van der Waals surface area contributed by atoms with Gasteiger partial charge in [-0.05, 0) is 89.9 Å². The van der Waals surface area contributed by atoms with Crippen molar-refractivity contribution in [1.82, 2.24) is 0 Å². The maximum absolute atomic E-state index is 12.2. The smallest absolute Gasteiger partial charge is 0.306 e. The van der Waals surface area contributed by atoms with Crippen molar-refractivity contribution in [1.29, 1.82) is 0 Å². The zero-order valence-corrected chi connectivity index (χ0v) is 32.4. The molecule has 0 saturated heterocycles. The number of hydrogen-bond donors (Lipinski definition) is 1. The Labute approximate surface area is 309 Å². The van der Waals surface area contributed by atoms with Crippen molar-refractivity contribution >= 4 is 5.97 Å². The third-order valence-corrected chi connectivity index (χ3v) is 8.14. The fourth-order valence-electron chi connectivity index (χ4n) is 5.11. The maximum Gasteiger partial charge on any atom is 0.306 e. The summed E-state index contributed by atoms with van der Waals surface area (Å²) < 4.78 is 11.1. The van der Waals surface area contributed by atoms with Gasteiger partial charge in [-0.1, -0.05) is 162 Å². The Hall–Kier alpha value is -2.69. The number of esters is 1. The summed E-state index contributed by atoms with van der Waals surface area (Å²) in [4.78, 5) is 12.2. The minimum absolute atomic E-state index is 0.192. The predicted octanol–water partition coefficient (Wildman–Crippen LogP) is 13.4. The average molecular weight is 693 g/mol. The molecule has 0 rings (SSSR count). The molecule has 0 radical (unpaired) electrons. The van der Waals surface area contributed by atoms with E-state index >= 15 is 0 Å². The zero-order valence-electron chi connectivity index (χ0n) is 32.4. The molecule has 50 heavy (non-hydrogen) atoms. The van der Waals surface area contributed by atoms with Crippen molar-refractivity contribution in [2.75, 3.05) is 19.8 Å². The highest BCUT2D eigenvalue weighted by Crippen LogP contribution is 2.10. The van der Waals surface area contributed by atoms with Crippen LogP contribution < -0.4 is 0 Å². The van der Waals surface area contributed by atoms with E-state index in [1.54, 1.807) is 0 Å². The second-order valence-electron chi connectivity index (χ2n) is 13.0. The largest absolute Gasteiger partial charge is 0.457 e. The number of aliphatic hydroxyl groups excluding tert-OH is 1. The molecular formula is C46H76O4. The Morgan fingerprint density at radius 3 is 1.36 bits per heavy atom. The van der Waals surface area contributed by atoms with Crippen LogP contribution in [0.1, 0.15) is 162 Å². The quantitative estimate of drug-likeness (QED) is 0.0403. The van der Waals surface area contributed by atoms with E-state index in [9.17, 15) is 9.90 Å². The summed E-state index contributed by atoms with van der Waals surface area (Å²) in [6.07, 6.45) is 60.3. The van der Waals surface area contributed by atoms with Gasteiger partial charge in [0.2, 0.25) is 0 Å². The normalized spacial score (nSPS) is 13.4. The first-order chi connectivity index (χ1) is 24.7. The third-order valence-electron chi connectivity index (χ3n) is 8.14. The lowest BCUT2D eigenvalue weighted by atomic mass is 10.1. The first-order valence-electron chi connectivity index (χ1n) is 20.3. The van der Waals surface area contributed by atoms with Crippen molar-refractivity contribution in [3.63, 3.8) is 0 Å². The summed E-state index contributed by atoms with van der Waals surface area (Å²) in [5, 5.41) is 9.58. The Morgan fingerprint density at radius 2 is 0.900 bits per heavy atom. The van der Waals surface area contributed by atoms with E-state index in [2.05, 4.69) is 111 Å². The van der Waals surface area contributed by atoms with Crippen LogP contribution in [0.3, 0.4) is 0 Å². The lowest BCUT2D eigenvalue weighted by Gasteiger charge is -2.15. The van der Waals surface area contributed by atoms with Crippen LogP contribution in [0.2, 0.25) is 0 Å². The number of hydrogen-bond acceptors (Lipinski definition) is 4. The monoisotopic (exact) mass is 693 g/mol. The molecule has 0 aliphatic heterocycles. The van der Waals surface area contributed by atoms with Crippen molar-refractivity contribution in [2.24, 2.45) is 0 Å². The predicted molar refractivity (Wildman–Crippen MR) is 218 cm³/mol. The van der Waals surface area contributed by atoms with Gasteiger partial charge in [0.15, 0.2) is 0 Å². The van der Waals surface area contributed by atoms with E-state index in [0.29, 0.717) is 13.0 Å². The Kier molecular flexibility index (Phi) is 40.2. The molecule has 0 aliphatic rings. The van der Waals surface area contributed by atoms with Gasteiger partial charge in [-0.2, -0.15) is 0 Å². The molecule has 284 valence electrons. The second-order valence-corrected chi connectivity index (χ2v) is 13.0. The Balaban J connectivity index is 3.57. The van der Waals surface area contributed by atoms with Gasteiger partial charge >= 0.3 is 5.97 Å². The van der Waals surface area contributed by atoms with Crippen LogP contribution in [0.5, 0.6) is 0 Å². The van der Waals surface area contributed by atoms with E-state index in [0.717, 1.165) is 89.9 Å². The van der Waals surface area contributed by atoms with Gasteiger partial charge < -0.3 is 14.6 Å². The van der Waals surface area contributed by atoms with Crippen molar-refractivity contribution < 1.29 is 19.4 Å². The highest BCUT2D eigenvalue weighted by atomic mass is 16.6. The molecule has 0 saturated carbocycles. The first-order valence-corrected chi connectivity index (χ1v) is 20.3. The van der Waals surface area contributed by atoms with Crippen molar-refractivity contribution in [3.05, 3.63) is 97.2 Å². The lowest BCUT2D eigenvalue weighted by molar-refractivity contribution is -0.154. The number of aliphatic hydroxyl groups is 1. The molecule has 0 fully saturated rings. The molecule has 0 heterocycles. The molecule has 1 unspecified atom stereocenters. The fraction of sp³-hybridized carbons (Fsp3) is 0.630. The molecule has 0 amide bonds. The summed E-state index contributed by atoms with van der Waals surface area (Å²) in [5.41, 5.74) is 0. The average Bonchev–Trinajstić information content (AvgIpc) is 3.12. The first kappa shape index (κ1) is 47.3. The van der Waals surface area contributed by atoms with Crippen LogP contribution in [0.25, 0.3) is 0 Å². The van der Waals surface area contributed by atoms with Crippen molar-refractivity contribution in [3.8, 4) is 0 Å². The van der Waals surface area contributed by atoms with Crippen LogP contribution in [0.4, 0.5) is 0 Å². The highest BCUT2D eigenvalue weighted by molar-refractivity contribution is 5.69. The fourth-order valence-corrected chi connectivity index (χ4v) is 5.11. The second kappa shape index (κ2) is 42.5. The van der Waals surface area contributed by atoms with E-state index in [4.69, 9.17) is 9.47 Å². The number of unbranched alkanes of at least 4 members (excludes halogenated alkanes) is 12. The lowest BCUT2D eigenvalue weighted by Crippen LogP contribution is -2.27. The number of ether oxygens (including phenoxy) is 2. The molecule has 0 bridgehead atoms. The molecule has 0 aromatic heterocycles. The molecule has 0 spiro atoms. The van der Waals surface area contributed by atoms with Gasteiger partial charge in [0.25, 0.3) is 0 Å². The zero-order chi connectivity index (χ0) is 36.3.